The molecule has 0 unspecified atom stereocenters. The summed E-state index contributed by atoms with van der Waals surface area (Å²) in [6.07, 6.45) is 0. The predicted octanol–water partition coefficient (Wildman–Crippen LogP) is 4.08. The Labute approximate surface area is 151 Å². The highest BCUT2D eigenvalue weighted by molar-refractivity contribution is 6.08. The number of carbonyl (C=O) groups is 2. The zero-order valence-electron chi connectivity index (χ0n) is 14.3. The Morgan fingerprint density at radius 2 is 1.19 bits per heavy atom. The van der Waals surface area contributed by atoms with Crippen LogP contribution in [0.15, 0.2) is 72.8 Å². The third-order valence-corrected chi connectivity index (χ3v) is 3.86. The fourth-order valence-corrected chi connectivity index (χ4v) is 2.41. The summed E-state index contributed by atoms with van der Waals surface area (Å²) in [5.41, 5.74) is 9.53. The fraction of sp³-hybridized carbons (Fsp3) is 0.0476. The molecule has 0 fully saturated rings. The lowest BCUT2D eigenvalue weighted by Gasteiger charge is -2.08. The van der Waals surface area contributed by atoms with Crippen LogP contribution in [0.2, 0.25) is 0 Å². The SMILES string of the molecule is Cc1ccc(NC(=O)c2cccc(C(=O)Nc3ccc(N)cc3)c2)cc1. The van der Waals surface area contributed by atoms with Crippen molar-refractivity contribution in [3.8, 4) is 0 Å². The summed E-state index contributed by atoms with van der Waals surface area (Å²) in [4.78, 5) is 24.8. The van der Waals surface area contributed by atoms with Gasteiger partial charge in [0.15, 0.2) is 0 Å². The van der Waals surface area contributed by atoms with Gasteiger partial charge in [0.25, 0.3) is 11.8 Å². The minimum Gasteiger partial charge on any atom is -0.399 e. The van der Waals surface area contributed by atoms with E-state index < -0.39 is 0 Å². The Balaban J connectivity index is 1.72. The number of benzene rings is 3. The van der Waals surface area contributed by atoms with Gasteiger partial charge in [0.05, 0.1) is 0 Å². The number of nitrogens with two attached hydrogens (primary N) is 1. The highest BCUT2D eigenvalue weighted by Crippen LogP contribution is 2.15. The molecule has 0 aliphatic rings. The highest BCUT2D eigenvalue weighted by atomic mass is 16.2. The molecule has 3 rings (SSSR count). The van der Waals surface area contributed by atoms with Gasteiger partial charge in [-0.05, 0) is 61.5 Å². The minimum atomic E-state index is -0.292. The number of aryl methyl sites for hydroxylation is 1. The Morgan fingerprint density at radius 1 is 0.731 bits per heavy atom. The number of hydrogen-bond donors (Lipinski definition) is 3. The first-order valence-corrected chi connectivity index (χ1v) is 8.16. The van der Waals surface area contributed by atoms with E-state index in [0.717, 1.165) is 5.56 Å². The van der Waals surface area contributed by atoms with E-state index in [-0.39, 0.29) is 11.8 Å². The van der Waals surface area contributed by atoms with Gasteiger partial charge in [-0.15, -0.1) is 0 Å². The van der Waals surface area contributed by atoms with Crippen LogP contribution < -0.4 is 16.4 Å². The monoisotopic (exact) mass is 345 g/mol. The summed E-state index contributed by atoms with van der Waals surface area (Å²) in [5, 5.41) is 5.60. The molecule has 0 aliphatic heterocycles. The Bertz CT molecular complexity index is 857. The molecular formula is C21H19N3O2. The number of hydrogen-bond acceptors (Lipinski definition) is 3. The van der Waals surface area contributed by atoms with Gasteiger partial charge in [0, 0.05) is 28.2 Å². The lowest BCUT2D eigenvalue weighted by Crippen LogP contribution is -2.15. The van der Waals surface area contributed by atoms with Crippen molar-refractivity contribution in [1.29, 1.82) is 0 Å². The van der Waals surface area contributed by atoms with Crippen molar-refractivity contribution in [2.75, 3.05) is 16.4 Å². The average molecular weight is 345 g/mol. The van der Waals surface area contributed by atoms with Crippen LogP contribution in [0.1, 0.15) is 26.3 Å². The molecule has 0 spiro atoms. The van der Waals surface area contributed by atoms with E-state index in [9.17, 15) is 9.59 Å². The molecule has 5 heteroatoms. The molecule has 0 aromatic heterocycles. The molecule has 3 aromatic carbocycles. The molecule has 0 aliphatic carbocycles. The number of amides is 2. The molecule has 0 atom stereocenters. The molecule has 4 N–H and O–H groups in total. The Morgan fingerprint density at radius 3 is 1.69 bits per heavy atom. The van der Waals surface area contributed by atoms with E-state index in [2.05, 4.69) is 10.6 Å². The minimum absolute atomic E-state index is 0.268. The second-order valence-corrected chi connectivity index (χ2v) is 5.98. The Kier molecular flexibility index (Phi) is 4.99. The second kappa shape index (κ2) is 7.53. The maximum absolute atomic E-state index is 12.4. The number of rotatable bonds is 4. The third kappa shape index (κ3) is 4.27. The number of nitrogens with one attached hydrogen (secondary N) is 2. The molecular weight excluding hydrogens is 326 g/mol. The molecule has 3 aromatic rings. The van der Waals surface area contributed by atoms with Crippen molar-refractivity contribution in [3.63, 3.8) is 0 Å². The first-order chi connectivity index (χ1) is 12.5. The number of nitrogen functional groups attached to an aromatic ring is 1. The summed E-state index contributed by atoms with van der Waals surface area (Å²) >= 11 is 0. The van der Waals surface area contributed by atoms with E-state index in [4.69, 9.17) is 5.73 Å². The van der Waals surface area contributed by atoms with Gasteiger partial charge in [-0.3, -0.25) is 9.59 Å². The van der Waals surface area contributed by atoms with Crippen molar-refractivity contribution in [1.82, 2.24) is 0 Å². The van der Waals surface area contributed by atoms with Gasteiger partial charge in [0.1, 0.15) is 0 Å². The number of carbonyl (C=O) groups excluding carboxylic acids is 2. The molecule has 0 heterocycles. The van der Waals surface area contributed by atoms with Crippen molar-refractivity contribution >= 4 is 28.9 Å². The van der Waals surface area contributed by atoms with Crippen molar-refractivity contribution in [2.45, 2.75) is 6.92 Å². The molecule has 26 heavy (non-hydrogen) atoms. The smallest absolute Gasteiger partial charge is 0.255 e. The van der Waals surface area contributed by atoms with Gasteiger partial charge in [-0.25, -0.2) is 0 Å². The molecule has 0 saturated heterocycles. The average Bonchev–Trinajstić information content (AvgIpc) is 2.65. The topological polar surface area (TPSA) is 84.2 Å². The van der Waals surface area contributed by atoms with Gasteiger partial charge in [-0.2, -0.15) is 0 Å². The molecule has 2 amide bonds. The molecule has 0 saturated carbocycles. The van der Waals surface area contributed by atoms with E-state index >= 15 is 0 Å². The molecule has 0 radical (unpaired) electrons. The van der Waals surface area contributed by atoms with Crippen LogP contribution in [0, 0.1) is 6.92 Å². The fourth-order valence-electron chi connectivity index (χ4n) is 2.41. The second-order valence-electron chi connectivity index (χ2n) is 5.98. The van der Waals surface area contributed by atoms with Crippen molar-refractivity contribution in [2.24, 2.45) is 0 Å². The number of anilines is 3. The van der Waals surface area contributed by atoms with E-state index in [1.807, 2.05) is 31.2 Å². The van der Waals surface area contributed by atoms with Crippen LogP contribution in [0.3, 0.4) is 0 Å². The van der Waals surface area contributed by atoms with Crippen LogP contribution >= 0.6 is 0 Å². The molecule has 0 bridgehead atoms. The summed E-state index contributed by atoms with van der Waals surface area (Å²) in [6.45, 7) is 1.98. The van der Waals surface area contributed by atoms with Gasteiger partial charge >= 0.3 is 0 Å². The van der Waals surface area contributed by atoms with Gasteiger partial charge in [-0.1, -0.05) is 23.8 Å². The normalized spacial score (nSPS) is 10.2. The largest absolute Gasteiger partial charge is 0.399 e. The predicted molar refractivity (Wildman–Crippen MR) is 104 cm³/mol. The standard InChI is InChI=1S/C21H19N3O2/c1-14-5-9-18(10-6-14)23-20(25)15-3-2-4-16(13-15)21(26)24-19-11-7-17(22)8-12-19/h2-13H,22H2,1H3,(H,23,25)(H,24,26). The van der Waals surface area contributed by atoms with Gasteiger partial charge in [0.2, 0.25) is 0 Å². The van der Waals surface area contributed by atoms with Crippen LogP contribution in [-0.2, 0) is 0 Å². The van der Waals surface area contributed by atoms with Crippen LogP contribution in [-0.4, -0.2) is 11.8 Å². The summed E-state index contributed by atoms with van der Waals surface area (Å²) < 4.78 is 0. The maximum Gasteiger partial charge on any atom is 0.255 e. The maximum atomic E-state index is 12.4. The molecule has 5 nitrogen and oxygen atoms in total. The Hall–Kier alpha value is -3.60. The summed E-state index contributed by atoms with van der Waals surface area (Å²) in [5.74, 6) is -0.559. The van der Waals surface area contributed by atoms with Crippen LogP contribution in [0.5, 0.6) is 0 Å². The van der Waals surface area contributed by atoms with Crippen LogP contribution in [0.4, 0.5) is 17.1 Å². The summed E-state index contributed by atoms with van der Waals surface area (Å²) in [7, 11) is 0. The van der Waals surface area contributed by atoms with E-state index in [1.165, 1.54) is 0 Å². The third-order valence-electron chi connectivity index (χ3n) is 3.86. The zero-order chi connectivity index (χ0) is 18.5. The first kappa shape index (κ1) is 17.2. The van der Waals surface area contributed by atoms with Gasteiger partial charge < -0.3 is 16.4 Å². The zero-order valence-corrected chi connectivity index (χ0v) is 14.3. The highest BCUT2D eigenvalue weighted by Gasteiger charge is 2.11. The van der Waals surface area contributed by atoms with Crippen molar-refractivity contribution < 1.29 is 9.59 Å². The van der Waals surface area contributed by atoms with E-state index in [1.54, 1.807) is 48.5 Å². The lowest BCUT2D eigenvalue weighted by molar-refractivity contribution is 0.102. The van der Waals surface area contributed by atoms with Crippen LogP contribution in [0.25, 0.3) is 0 Å². The van der Waals surface area contributed by atoms with Crippen molar-refractivity contribution in [3.05, 3.63) is 89.5 Å². The quantitative estimate of drug-likeness (QED) is 0.623. The molecule has 130 valence electrons. The lowest BCUT2D eigenvalue weighted by atomic mass is 10.1. The summed E-state index contributed by atoms with van der Waals surface area (Å²) in [6, 6.07) is 21.0. The first-order valence-electron chi connectivity index (χ1n) is 8.16. The van der Waals surface area contributed by atoms with E-state index in [0.29, 0.717) is 28.2 Å².